The lowest BCUT2D eigenvalue weighted by Crippen LogP contribution is -1.78. The van der Waals surface area contributed by atoms with Gasteiger partial charge in [0.1, 0.15) is 5.75 Å². The molecule has 1 aromatic carbocycles. The summed E-state index contributed by atoms with van der Waals surface area (Å²) in [6, 6.07) is 9.68. The number of hydrogen-bond donors (Lipinski definition) is 0. The van der Waals surface area contributed by atoms with Crippen molar-refractivity contribution >= 4 is 8.41 Å². The lowest BCUT2D eigenvalue weighted by atomic mass is 10.3. The summed E-state index contributed by atoms with van der Waals surface area (Å²) in [6.45, 7) is 0. The predicted octanol–water partition coefficient (Wildman–Crippen LogP) is 0.511. The SMILES string of the molecule is B.COc1ccccc1. The zero-order chi connectivity index (χ0) is 5.82. The van der Waals surface area contributed by atoms with Gasteiger partial charge in [-0.2, -0.15) is 0 Å². The summed E-state index contributed by atoms with van der Waals surface area (Å²) in [5.74, 6) is 0.910. The van der Waals surface area contributed by atoms with Crippen molar-refractivity contribution < 1.29 is 4.74 Å². The number of ether oxygens (including phenoxy) is 1. The Balaban J connectivity index is 0.000000640. The maximum Gasteiger partial charge on any atom is 0.118 e. The summed E-state index contributed by atoms with van der Waals surface area (Å²) in [6.07, 6.45) is 0. The first-order chi connectivity index (χ1) is 3.93. The summed E-state index contributed by atoms with van der Waals surface area (Å²) in [4.78, 5) is 0. The molecule has 1 nitrogen and oxygen atoms in total. The van der Waals surface area contributed by atoms with Crippen molar-refractivity contribution in [3.63, 3.8) is 0 Å². The minimum Gasteiger partial charge on any atom is -0.497 e. The van der Waals surface area contributed by atoms with Crippen LogP contribution in [0.4, 0.5) is 0 Å². The van der Waals surface area contributed by atoms with Gasteiger partial charge in [-0.05, 0) is 12.1 Å². The Kier molecular flexibility index (Phi) is 3.61. The smallest absolute Gasteiger partial charge is 0.118 e. The standard InChI is InChI=1S/C7H8O.BH3/c1-8-7-5-3-2-4-6-7;/h2-6H,1H3;1H3. The molecule has 0 saturated carbocycles. The Labute approximate surface area is 57.2 Å². The van der Waals surface area contributed by atoms with Gasteiger partial charge in [0.05, 0.1) is 15.5 Å². The molecule has 0 heterocycles. The van der Waals surface area contributed by atoms with E-state index in [0.717, 1.165) is 5.75 Å². The summed E-state index contributed by atoms with van der Waals surface area (Å²) in [5, 5.41) is 0. The van der Waals surface area contributed by atoms with Crippen molar-refractivity contribution in [1.82, 2.24) is 0 Å². The van der Waals surface area contributed by atoms with Crippen molar-refractivity contribution in [1.29, 1.82) is 0 Å². The van der Waals surface area contributed by atoms with Gasteiger partial charge < -0.3 is 4.74 Å². The third kappa shape index (κ3) is 2.22. The molecule has 0 bridgehead atoms. The van der Waals surface area contributed by atoms with E-state index in [1.807, 2.05) is 30.3 Å². The van der Waals surface area contributed by atoms with Crippen molar-refractivity contribution in [2.75, 3.05) is 7.11 Å². The van der Waals surface area contributed by atoms with E-state index >= 15 is 0 Å². The minimum absolute atomic E-state index is 0. The Morgan fingerprint density at radius 3 is 2.00 bits per heavy atom. The molecular weight excluding hydrogens is 111 g/mol. The van der Waals surface area contributed by atoms with Crippen LogP contribution in [0.5, 0.6) is 5.75 Å². The van der Waals surface area contributed by atoms with E-state index in [1.165, 1.54) is 0 Å². The van der Waals surface area contributed by atoms with E-state index in [0.29, 0.717) is 0 Å². The summed E-state index contributed by atoms with van der Waals surface area (Å²) < 4.78 is 4.91. The Hall–Kier alpha value is -0.915. The molecule has 0 fully saturated rings. The van der Waals surface area contributed by atoms with Crippen molar-refractivity contribution in [3.8, 4) is 5.75 Å². The first-order valence-corrected chi connectivity index (χ1v) is 2.52. The molecule has 0 amide bonds. The highest BCUT2D eigenvalue weighted by Crippen LogP contribution is 2.05. The molecule has 48 valence electrons. The van der Waals surface area contributed by atoms with Gasteiger partial charge >= 0.3 is 0 Å². The summed E-state index contributed by atoms with van der Waals surface area (Å²) >= 11 is 0. The highest BCUT2D eigenvalue weighted by Gasteiger charge is 1.80. The average molecular weight is 122 g/mol. The molecule has 1 aromatic rings. The van der Waals surface area contributed by atoms with Crippen LogP contribution in [-0.4, -0.2) is 15.5 Å². The van der Waals surface area contributed by atoms with E-state index in [9.17, 15) is 0 Å². The van der Waals surface area contributed by atoms with Crippen molar-refractivity contribution in [2.24, 2.45) is 0 Å². The quantitative estimate of drug-likeness (QED) is 0.493. The van der Waals surface area contributed by atoms with Gasteiger partial charge in [-0.1, -0.05) is 18.2 Å². The molecular formula is C7H11BO. The molecule has 0 aliphatic rings. The Morgan fingerprint density at radius 2 is 1.67 bits per heavy atom. The fourth-order valence-electron chi connectivity index (χ4n) is 0.557. The Bertz CT molecular complexity index is 150. The van der Waals surface area contributed by atoms with E-state index < -0.39 is 0 Å². The molecule has 0 radical (unpaired) electrons. The molecule has 0 N–H and O–H groups in total. The zero-order valence-corrected chi connectivity index (χ0v) is 4.79. The molecule has 0 saturated heterocycles. The maximum absolute atomic E-state index is 4.91. The monoisotopic (exact) mass is 122 g/mol. The largest absolute Gasteiger partial charge is 0.497 e. The highest BCUT2D eigenvalue weighted by atomic mass is 16.5. The Morgan fingerprint density at radius 1 is 1.11 bits per heavy atom. The number of methoxy groups -OCH3 is 1. The molecule has 0 unspecified atom stereocenters. The van der Waals surface area contributed by atoms with Crippen LogP contribution >= 0.6 is 0 Å². The lowest BCUT2D eigenvalue weighted by molar-refractivity contribution is 0.415. The van der Waals surface area contributed by atoms with Gasteiger partial charge in [0, 0.05) is 0 Å². The van der Waals surface area contributed by atoms with E-state index in [-0.39, 0.29) is 8.41 Å². The molecule has 0 atom stereocenters. The van der Waals surface area contributed by atoms with E-state index in [4.69, 9.17) is 4.74 Å². The third-order valence-electron chi connectivity index (χ3n) is 0.979. The highest BCUT2D eigenvalue weighted by molar-refractivity contribution is 5.75. The third-order valence-corrected chi connectivity index (χ3v) is 0.979. The molecule has 1 rings (SSSR count). The van der Waals surface area contributed by atoms with Gasteiger partial charge in [-0.3, -0.25) is 0 Å². The van der Waals surface area contributed by atoms with Crippen LogP contribution in [-0.2, 0) is 0 Å². The molecule has 0 spiro atoms. The molecule has 2 heteroatoms. The number of para-hydroxylation sites is 1. The number of hydrogen-bond acceptors (Lipinski definition) is 1. The predicted molar refractivity (Wildman–Crippen MR) is 42.9 cm³/mol. The first kappa shape index (κ1) is 8.08. The van der Waals surface area contributed by atoms with Crippen LogP contribution in [0, 0.1) is 0 Å². The molecule has 9 heavy (non-hydrogen) atoms. The van der Waals surface area contributed by atoms with E-state index in [2.05, 4.69) is 0 Å². The van der Waals surface area contributed by atoms with Crippen LogP contribution in [0.15, 0.2) is 30.3 Å². The normalized spacial score (nSPS) is 7.67. The van der Waals surface area contributed by atoms with Gasteiger partial charge in [-0.25, -0.2) is 0 Å². The van der Waals surface area contributed by atoms with Crippen molar-refractivity contribution in [3.05, 3.63) is 30.3 Å². The second-order valence-corrected chi connectivity index (χ2v) is 1.52. The van der Waals surface area contributed by atoms with Gasteiger partial charge in [0.25, 0.3) is 0 Å². The molecule has 0 aliphatic carbocycles. The number of rotatable bonds is 1. The molecule has 0 aliphatic heterocycles. The van der Waals surface area contributed by atoms with Crippen LogP contribution in [0.2, 0.25) is 0 Å². The topological polar surface area (TPSA) is 9.23 Å². The second-order valence-electron chi connectivity index (χ2n) is 1.52. The van der Waals surface area contributed by atoms with Gasteiger partial charge in [-0.15, -0.1) is 0 Å². The van der Waals surface area contributed by atoms with E-state index in [1.54, 1.807) is 7.11 Å². The van der Waals surface area contributed by atoms with Crippen LogP contribution in [0.1, 0.15) is 0 Å². The summed E-state index contributed by atoms with van der Waals surface area (Å²) in [7, 11) is 1.66. The maximum atomic E-state index is 4.91. The van der Waals surface area contributed by atoms with Crippen LogP contribution < -0.4 is 4.74 Å². The minimum atomic E-state index is 0. The van der Waals surface area contributed by atoms with Crippen LogP contribution in [0.25, 0.3) is 0 Å². The van der Waals surface area contributed by atoms with Gasteiger partial charge in [0.2, 0.25) is 0 Å². The molecule has 0 aromatic heterocycles. The fourth-order valence-corrected chi connectivity index (χ4v) is 0.557. The second kappa shape index (κ2) is 4.01. The zero-order valence-electron chi connectivity index (χ0n) is 4.79. The number of benzene rings is 1. The fraction of sp³-hybridized carbons (Fsp3) is 0.143. The average Bonchev–Trinajstić information content (AvgIpc) is 1.90. The van der Waals surface area contributed by atoms with Gasteiger partial charge in [0.15, 0.2) is 0 Å². The summed E-state index contributed by atoms with van der Waals surface area (Å²) in [5.41, 5.74) is 0. The van der Waals surface area contributed by atoms with Crippen LogP contribution in [0.3, 0.4) is 0 Å². The lowest BCUT2D eigenvalue weighted by Gasteiger charge is -1.93. The van der Waals surface area contributed by atoms with Crippen molar-refractivity contribution in [2.45, 2.75) is 0 Å². The first-order valence-electron chi connectivity index (χ1n) is 2.52.